The molecule has 1 saturated carbocycles. The molecule has 2 nitrogen and oxygen atoms in total. The highest BCUT2D eigenvalue weighted by atomic mass is 16.5. The predicted octanol–water partition coefficient (Wildman–Crippen LogP) is 3.99. The number of allylic oxidation sites excluding steroid dienone is 5. The van der Waals surface area contributed by atoms with E-state index in [1.807, 2.05) is 19.1 Å². The van der Waals surface area contributed by atoms with Crippen LogP contribution >= 0.6 is 0 Å². The Morgan fingerprint density at radius 1 is 1.25 bits per heavy atom. The molecule has 102 valence electrons. The van der Waals surface area contributed by atoms with Gasteiger partial charge >= 0.3 is 0 Å². The lowest BCUT2D eigenvalue weighted by Gasteiger charge is -2.34. The molecular weight excluding hydrogens is 246 g/mol. The Morgan fingerprint density at radius 2 is 2.15 bits per heavy atom. The van der Waals surface area contributed by atoms with E-state index in [4.69, 9.17) is 10.5 Å². The SMILES string of the molecule is Cc1cc(N)cc(OC2=CC3CC4C=CC=CC24C3)c1. The van der Waals surface area contributed by atoms with Gasteiger partial charge in [-0.3, -0.25) is 0 Å². The normalized spacial score (nSPS) is 33.1. The number of rotatable bonds is 2. The van der Waals surface area contributed by atoms with Gasteiger partial charge in [-0.15, -0.1) is 0 Å². The summed E-state index contributed by atoms with van der Waals surface area (Å²) in [5, 5.41) is 0. The Balaban J connectivity index is 1.68. The summed E-state index contributed by atoms with van der Waals surface area (Å²) in [5.74, 6) is 3.23. The fraction of sp³-hybridized carbons (Fsp3) is 0.333. The highest BCUT2D eigenvalue weighted by Gasteiger charge is 2.53. The number of aryl methyl sites for hydroxylation is 1. The molecule has 1 aromatic carbocycles. The molecule has 0 heterocycles. The van der Waals surface area contributed by atoms with Crippen LogP contribution in [0.3, 0.4) is 0 Å². The highest BCUT2D eigenvalue weighted by molar-refractivity contribution is 5.48. The minimum absolute atomic E-state index is 0.0952. The summed E-state index contributed by atoms with van der Waals surface area (Å²) < 4.78 is 6.23. The zero-order valence-corrected chi connectivity index (χ0v) is 11.7. The van der Waals surface area contributed by atoms with E-state index in [0.717, 1.165) is 22.8 Å². The molecule has 1 fully saturated rings. The van der Waals surface area contributed by atoms with Crippen molar-refractivity contribution in [2.75, 3.05) is 5.73 Å². The van der Waals surface area contributed by atoms with Crippen molar-refractivity contribution in [1.82, 2.24) is 0 Å². The van der Waals surface area contributed by atoms with E-state index in [1.54, 1.807) is 0 Å². The lowest BCUT2D eigenvalue weighted by molar-refractivity contribution is 0.258. The molecule has 20 heavy (non-hydrogen) atoms. The highest BCUT2D eigenvalue weighted by Crippen LogP contribution is 2.59. The molecule has 1 aromatic rings. The van der Waals surface area contributed by atoms with E-state index in [0.29, 0.717) is 11.8 Å². The first-order valence-corrected chi connectivity index (χ1v) is 7.29. The monoisotopic (exact) mass is 265 g/mol. The average molecular weight is 265 g/mol. The van der Waals surface area contributed by atoms with Crippen molar-refractivity contribution < 1.29 is 4.74 Å². The quantitative estimate of drug-likeness (QED) is 0.820. The maximum Gasteiger partial charge on any atom is 0.129 e. The number of benzene rings is 1. The standard InChI is InChI=1S/C18H19NO/c1-12-6-15(19)10-16(7-12)20-17-9-13-8-14-4-2-3-5-18(14,17)11-13/h2-7,9-10,13-14H,8,11,19H2,1H3. The average Bonchev–Trinajstić information content (AvgIpc) is 2.90. The Kier molecular flexibility index (Phi) is 2.38. The van der Waals surface area contributed by atoms with Gasteiger partial charge in [-0.25, -0.2) is 0 Å². The van der Waals surface area contributed by atoms with E-state index >= 15 is 0 Å². The molecule has 2 bridgehead atoms. The van der Waals surface area contributed by atoms with Gasteiger partial charge in [0.15, 0.2) is 0 Å². The fourth-order valence-electron chi connectivity index (χ4n) is 4.03. The molecule has 0 amide bonds. The first kappa shape index (κ1) is 11.8. The number of hydrogen-bond acceptors (Lipinski definition) is 2. The van der Waals surface area contributed by atoms with Gasteiger partial charge in [-0.1, -0.05) is 24.3 Å². The summed E-state index contributed by atoms with van der Waals surface area (Å²) in [7, 11) is 0. The zero-order chi connectivity index (χ0) is 13.7. The second-order valence-corrected chi connectivity index (χ2v) is 6.30. The fourth-order valence-corrected chi connectivity index (χ4v) is 4.03. The topological polar surface area (TPSA) is 35.2 Å². The van der Waals surface area contributed by atoms with Crippen molar-refractivity contribution in [3.8, 4) is 5.75 Å². The van der Waals surface area contributed by atoms with Gasteiger partial charge in [-0.2, -0.15) is 0 Å². The summed E-state index contributed by atoms with van der Waals surface area (Å²) in [5.41, 5.74) is 7.91. The summed E-state index contributed by atoms with van der Waals surface area (Å²) in [6.07, 6.45) is 13.7. The van der Waals surface area contributed by atoms with Gasteiger partial charge in [-0.05, 0) is 55.4 Å². The van der Waals surface area contributed by atoms with Crippen molar-refractivity contribution in [3.63, 3.8) is 0 Å². The molecule has 3 aliphatic rings. The molecule has 0 saturated heterocycles. The lowest BCUT2D eigenvalue weighted by Crippen LogP contribution is -2.28. The number of ether oxygens (including phenoxy) is 1. The molecule has 3 aliphatic carbocycles. The van der Waals surface area contributed by atoms with Crippen LogP contribution in [0.15, 0.2) is 54.3 Å². The Labute approximate surface area is 119 Å². The van der Waals surface area contributed by atoms with Gasteiger partial charge in [0.05, 0.1) is 5.41 Å². The predicted molar refractivity (Wildman–Crippen MR) is 81.2 cm³/mol. The van der Waals surface area contributed by atoms with Gasteiger partial charge in [0, 0.05) is 11.8 Å². The zero-order valence-electron chi connectivity index (χ0n) is 11.7. The number of nitrogen functional groups attached to an aromatic ring is 1. The Hall–Kier alpha value is -1.96. The van der Waals surface area contributed by atoms with Crippen LogP contribution in [0, 0.1) is 24.2 Å². The molecule has 4 rings (SSSR count). The van der Waals surface area contributed by atoms with E-state index in [1.165, 1.54) is 12.8 Å². The number of hydrogen-bond donors (Lipinski definition) is 1. The summed E-state index contributed by atoms with van der Waals surface area (Å²) >= 11 is 0. The summed E-state index contributed by atoms with van der Waals surface area (Å²) in [6, 6.07) is 5.93. The second kappa shape index (κ2) is 4.02. The maximum atomic E-state index is 6.23. The van der Waals surface area contributed by atoms with Crippen LogP contribution in [0.5, 0.6) is 5.75 Å². The number of anilines is 1. The second-order valence-electron chi connectivity index (χ2n) is 6.30. The molecule has 0 radical (unpaired) electrons. The van der Waals surface area contributed by atoms with Gasteiger partial charge in [0.2, 0.25) is 0 Å². The third kappa shape index (κ3) is 1.64. The minimum atomic E-state index is 0.0952. The lowest BCUT2D eigenvalue weighted by atomic mass is 9.74. The molecule has 1 spiro atoms. The molecule has 2 heteroatoms. The first-order chi connectivity index (χ1) is 9.65. The Bertz CT molecular complexity index is 635. The van der Waals surface area contributed by atoms with Crippen LogP contribution in [-0.2, 0) is 0 Å². The molecule has 2 N–H and O–H groups in total. The van der Waals surface area contributed by atoms with Crippen LogP contribution in [0.1, 0.15) is 18.4 Å². The summed E-state index contributed by atoms with van der Waals surface area (Å²) in [4.78, 5) is 0. The van der Waals surface area contributed by atoms with E-state index in [2.05, 4.69) is 36.4 Å². The smallest absolute Gasteiger partial charge is 0.129 e. The van der Waals surface area contributed by atoms with E-state index < -0.39 is 0 Å². The van der Waals surface area contributed by atoms with E-state index in [9.17, 15) is 0 Å². The van der Waals surface area contributed by atoms with Crippen LogP contribution < -0.4 is 10.5 Å². The Morgan fingerprint density at radius 3 is 3.00 bits per heavy atom. The third-order valence-corrected chi connectivity index (χ3v) is 4.81. The van der Waals surface area contributed by atoms with Crippen LogP contribution in [-0.4, -0.2) is 0 Å². The number of nitrogens with two attached hydrogens (primary N) is 1. The van der Waals surface area contributed by atoms with Gasteiger partial charge in [0.1, 0.15) is 11.5 Å². The van der Waals surface area contributed by atoms with Crippen molar-refractivity contribution in [2.45, 2.75) is 19.8 Å². The van der Waals surface area contributed by atoms with Gasteiger partial charge in [0.25, 0.3) is 0 Å². The largest absolute Gasteiger partial charge is 0.461 e. The molecular formula is C18H19NO. The third-order valence-electron chi connectivity index (χ3n) is 4.81. The van der Waals surface area contributed by atoms with Crippen molar-refractivity contribution in [2.24, 2.45) is 17.3 Å². The maximum absolute atomic E-state index is 6.23. The summed E-state index contributed by atoms with van der Waals surface area (Å²) in [6.45, 7) is 2.04. The molecule has 0 aliphatic heterocycles. The molecule has 0 aromatic heterocycles. The first-order valence-electron chi connectivity index (χ1n) is 7.29. The van der Waals surface area contributed by atoms with Crippen LogP contribution in [0.4, 0.5) is 5.69 Å². The number of fused-ring (bicyclic) bond motifs is 1. The van der Waals surface area contributed by atoms with Crippen molar-refractivity contribution in [3.05, 3.63) is 59.9 Å². The van der Waals surface area contributed by atoms with Crippen LogP contribution in [0.25, 0.3) is 0 Å². The minimum Gasteiger partial charge on any atom is -0.461 e. The molecule has 3 atom stereocenters. The molecule has 3 unspecified atom stereocenters. The van der Waals surface area contributed by atoms with Gasteiger partial charge < -0.3 is 10.5 Å². The van der Waals surface area contributed by atoms with Crippen molar-refractivity contribution in [1.29, 1.82) is 0 Å². The van der Waals surface area contributed by atoms with Crippen molar-refractivity contribution >= 4 is 5.69 Å². The van der Waals surface area contributed by atoms with E-state index in [-0.39, 0.29) is 5.41 Å². The van der Waals surface area contributed by atoms with Crippen LogP contribution in [0.2, 0.25) is 0 Å².